The van der Waals surface area contributed by atoms with Crippen LogP contribution >= 0.6 is 0 Å². The molecule has 1 N–H and O–H groups in total. The summed E-state index contributed by atoms with van der Waals surface area (Å²) in [5, 5.41) is 3.11. The number of carbonyl (C=O) groups excluding carboxylic acids is 1. The van der Waals surface area contributed by atoms with Crippen LogP contribution in [-0.2, 0) is 6.42 Å². The topological polar surface area (TPSA) is 29.1 Å². The lowest BCUT2D eigenvalue weighted by Gasteiger charge is -2.03. The van der Waals surface area contributed by atoms with Crippen molar-refractivity contribution in [2.75, 3.05) is 13.1 Å². The van der Waals surface area contributed by atoms with E-state index in [0.29, 0.717) is 6.54 Å². The Hall–Kier alpha value is -1.15. The van der Waals surface area contributed by atoms with Crippen molar-refractivity contribution in [2.24, 2.45) is 0 Å². The zero-order chi connectivity index (χ0) is 11.1. The van der Waals surface area contributed by atoms with E-state index in [4.69, 9.17) is 0 Å². The molecular formula is C13H19NO. The molecule has 82 valence electrons. The smallest absolute Gasteiger partial charge is 0.176 e. The molecule has 0 atom stereocenters. The summed E-state index contributed by atoms with van der Waals surface area (Å²) in [6, 6.07) is 7.86. The summed E-state index contributed by atoms with van der Waals surface area (Å²) in [4.78, 5) is 11.7. The Kier molecular flexibility index (Phi) is 5.05. The first kappa shape index (κ1) is 11.9. The first-order chi connectivity index (χ1) is 7.27. The first-order valence-electron chi connectivity index (χ1n) is 5.60. The normalized spacial score (nSPS) is 10.3. The highest BCUT2D eigenvalue weighted by molar-refractivity contribution is 5.97. The Balaban J connectivity index is 2.50. The number of aryl methyl sites for hydroxylation is 1. The third-order valence-corrected chi connectivity index (χ3v) is 2.40. The maximum atomic E-state index is 11.7. The van der Waals surface area contributed by atoms with Crippen LogP contribution in [0.2, 0.25) is 0 Å². The average Bonchev–Trinajstić information content (AvgIpc) is 2.29. The van der Waals surface area contributed by atoms with Gasteiger partial charge in [0.05, 0.1) is 6.54 Å². The van der Waals surface area contributed by atoms with Gasteiger partial charge in [-0.1, -0.05) is 38.1 Å². The lowest BCUT2D eigenvalue weighted by Crippen LogP contribution is -2.23. The molecule has 0 aliphatic rings. The van der Waals surface area contributed by atoms with Gasteiger partial charge in [0.2, 0.25) is 0 Å². The molecule has 0 bridgehead atoms. The van der Waals surface area contributed by atoms with Crippen LogP contribution in [0.15, 0.2) is 24.3 Å². The summed E-state index contributed by atoms with van der Waals surface area (Å²) in [5.41, 5.74) is 2.07. The number of nitrogens with one attached hydrogen (secondary N) is 1. The predicted molar refractivity (Wildman–Crippen MR) is 63.3 cm³/mol. The van der Waals surface area contributed by atoms with Crippen LogP contribution in [0.5, 0.6) is 0 Å². The number of hydrogen-bond acceptors (Lipinski definition) is 2. The molecule has 1 aromatic rings. The van der Waals surface area contributed by atoms with Gasteiger partial charge in [-0.15, -0.1) is 0 Å². The van der Waals surface area contributed by atoms with Gasteiger partial charge in [0, 0.05) is 5.56 Å². The van der Waals surface area contributed by atoms with Crippen molar-refractivity contribution in [1.82, 2.24) is 5.32 Å². The van der Waals surface area contributed by atoms with Crippen molar-refractivity contribution in [3.05, 3.63) is 35.4 Å². The third-order valence-electron chi connectivity index (χ3n) is 2.40. The van der Waals surface area contributed by atoms with Gasteiger partial charge in [-0.25, -0.2) is 0 Å². The number of carbonyl (C=O) groups is 1. The van der Waals surface area contributed by atoms with Crippen LogP contribution in [0, 0.1) is 0 Å². The van der Waals surface area contributed by atoms with Gasteiger partial charge in [-0.3, -0.25) is 4.79 Å². The maximum Gasteiger partial charge on any atom is 0.176 e. The zero-order valence-corrected chi connectivity index (χ0v) is 9.55. The number of benzene rings is 1. The highest BCUT2D eigenvalue weighted by atomic mass is 16.1. The van der Waals surface area contributed by atoms with Gasteiger partial charge < -0.3 is 5.32 Å². The van der Waals surface area contributed by atoms with Crippen molar-refractivity contribution in [1.29, 1.82) is 0 Å². The van der Waals surface area contributed by atoms with E-state index in [1.54, 1.807) is 0 Å². The van der Waals surface area contributed by atoms with Crippen molar-refractivity contribution in [2.45, 2.75) is 26.7 Å². The molecular weight excluding hydrogens is 186 g/mol. The molecule has 2 heteroatoms. The molecule has 0 amide bonds. The monoisotopic (exact) mass is 205 g/mol. The molecule has 0 saturated heterocycles. The van der Waals surface area contributed by atoms with Gasteiger partial charge in [0.25, 0.3) is 0 Å². The van der Waals surface area contributed by atoms with E-state index in [2.05, 4.69) is 19.2 Å². The number of hydrogen-bond donors (Lipinski definition) is 1. The van der Waals surface area contributed by atoms with E-state index in [0.717, 1.165) is 24.9 Å². The van der Waals surface area contributed by atoms with Gasteiger partial charge in [0.15, 0.2) is 5.78 Å². The van der Waals surface area contributed by atoms with Crippen molar-refractivity contribution in [3.63, 3.8) is 0 Å². The highest BCUT2D eigenvalue weighted by Crippen LogP contribution is 2.05. The van der Waals surface area contributed by atoms with Crippen LogP contribution in [0.4, 0.5) is 0 Å². The second kappa shape index (κ2) is 6.36. The van der Waals surface area contributed by atoms with Crippen LogP contribution in [0.3, 0.4) is 0 Å². The molecule has 0 saturated carbocycles. The standard InChI is InChI=1S/C13H19NO/c1-3-9-14-10-13(15)12-7-5-11(4-2)6-8-12/h5-8,14H,3-4,9-10H2,1-2H3. The average molecular weight is 205 g/mol. The molecule has 0 radical (unpaired) electrons. The number of rotatable bonds is 6. The minimum Gasteiger partial charge on any atom is -0.310 e. The van der Waals surface area contributed by atoms with E-state index < -0.39 is 0 Å². The molecule has 2 nitrogen and oxygen atoms in total. The molecule has 15 heavy (non-hydrogen) atoms. The fourth-order valence-corrected chi connectivity index (χ4v) is 1.41. The molecule has 1 rings (SSSR count). The molecule has 0 aliphatic carbocycles. The first-order valence-corrected chi connectivity index (χ1v) is 5.60. The van der Waals surface area contributed by atoms with Gasteiger partial charge >= 0.3 is 0 Å². The van der Waals surface area contributed by atoms with Crippen LogP contribution < -0.4 is 5.32 Å². The van der Waals surface area contributed by atoms with E-state index in [-0.39, 0.29) is 5.78 Å². The van der Waals surface area contributed by atoms with E-state index >= 15 is 0 Å². The fourth-order valence-electron chi connectivity index (χ4n) is 1.41. The Morgan fingerprint density at radius 3 is 2.40 bits per heavy atom. The molecule has 0 spiro atoms. The molecule has 0 heterocycles. The van der Waals surface area contributed by atoms with E-state index in [9.17, 15) is 4.79 Å². The molecule has 1 aromatic carbocycles. The second-order valence-corrected chi connectivity index (χ2v) is 3.65. The lowest BCUT2D eigenvalue weighted by molar-refractivity contribution is 0.0991. The summed E-state index contributed by atoms with van der Waals surface area (Å²) in [6.45, 7) is 5.55. The zero-order valence-electron chi connectivity index (χ0n) is 9.55. The van der Waals surface area contributed by atoms with Crippen LogP contribution in [0.1, 0.15) is 36.2 Å². The summed E-state index contributed by atoms with van der Waals surface area (Å²) in [5.74, 6) is 0.172. The van der Waals surface area contributed by atoms with Gasteiger partial charge in [-0.05, 0) is 24.9 Å². The molecule has 0 unspecified atom stereocenters. The highest BCUT2D eigenvalue weighted by Gasteiger charge is 2.03. The summed E-state index contributed by atoms with van der Waals surface area (Å²) < 4.78 is 0. The molecule has 0 aromatic heterocycles. The van der Waals surface area contributed by atoms with Crippen molar-refractivity contribution >= 4 is 5.78 Å². The predicted octanol–water partition coefficient (Wildman–Crippen LogP) is 2.43. The van der Waals surface area contributed by atoms with Gasteiger partial charge in [0.1, 0.15) is 0 Å². The fraction of sp³-hybridized carbons (Fsp3) is 0.462. The van der Waals surface area contributed by atoms with E-state index in [1.807, 2.05) is 24.3 Å². The SMILES string of the molecule is CCCNCC(=O)c1ccc(CC)cc1. The summed E-state index contributed by atoms with van der Waals surface area (Å²) >= 11 is 0. The molecule has 0 aliphatic heterocycles. The maximum absolute atomic E-state index is 11.7. The van der Waals surface area contributed by atoms with Crippen LogP contribution in [-0.4, -0.2) is 18.9 Å². The molecule has 0 fully saturated rings. The third kappa shape index (κ3) is 3.84. The quantitative estimate of drug-likeness (QED) is 0.571. The Morgan fingerprint density at radius 1 is 1.20 bits per heavy atom. The van der Waals surface area contributed by atoms with Crippen molar-refractivity contribution < 1.29 is 4.79 Å². The minimum atomic E-state index is 0.172. The lowest BCUT2D eigenvalue weighted by atomic mass is 10.1. The summed E-state index contributed by atoms with van der Waals surface area (Å²) in [7, 11) is 0. The number of ketones is 1. The van der Waals surface area contributed by atoms with Gasteiger partial charge in [-0.2, -0.15) is 0 Å². The number of Topliss-reactive ketones (excluding diaryl/α,β-unsaturated/α-hetero) is 1. The summed E-state index contributed by atoms with van der Waals surface area (Å²) in [6.07, 6.45) is 2.07. The van der Waals surface area contributed by atoms with Crippen molar-refractivity contribution in [3.8, 4) is 0 Å². The Morgan fingerprint density at radius 2 is 1.87 bits per heavy atom. The van der Waals surface area contributed by atoms with Crippen LogP contribution in [0.25, 0.3) is 0 Å². The minimum absolute atomic E-state index is 0.172. The Labute approximate surface area is 91.7 Å². The largest absolute Gasteiger partial charge is 0.310 e. The second-order valence-electron chi connectivity index (χ2n) is 3.65. The Bertz CT molecular complexity index is 303. The van der Waals surface area contributed by atoms with E-state index in [1.165, 1.54) is 5.56 Å².